The molecule has 1 unspecified atom stereocenters. The van der Waals surface area contributed by atoms with E-state index in [1.165, 1.54) is 12.1 Å². The summed E-state index contributed by atoms with van der Waals surface area (Å²) in [7, 11) is -3.23. The number of alkyl halides is 2. The van der Waals surface area contributed by atoms with E-state index in [1.807, 2.05) is 0 Å². The lowest BCUT2D eigenvalue weighted by Crippen LogP contribution is -2.25. The second kappa shape index (κ2) is 4.90. The minimum atomic E-state index is -3.23. The van der Waals surface area contributed by atoms with Crippen LogP contribution in [0.25, 0.3) is 0 Å². The van der Waals surface area contributed by atoms with E-state index in [1.54, 1.807) is 26.0 Å². The molecule has 0 aromatic heterocycles. The summed E-state index contributed by atoms with van der Waals surface area (Å²) < 4.78 is 22.3. The lowest BCUT2D eigenvalue weighted by molar-refractivity contribution is -0.120. The molecule has 0 bridgehead atoms. The molecular formula is C13H15Cl2NO3S. The Hall–Kier alpha value is -0.780. The number of nitrogens with one attached hydrogen (secondary N) is 1. The molecule has 110 valence electrons. The average molecular weight is 336 g/mol. The number of halogens is 2. The molecule has 0 spiro atoms. The summed E-state index contributed by atoms with van der Waals surface area (Å²) in [6.45, 7) is 3.28. The van der Waals surface area contributed by atoms with Crippen molar-refractivity contribution in [3.05, 3.63) is 24.3 Å². The number of sulfone groups is 1. The van der Waals surface area contributed by atoms with Crippen molar-refractivity contribution in [3.63, 3.8) is 0 Å². The molecule has 0 aliphatic heterocycles. The zero-order valence-corrected chi connectivity index (χ0v) is 13.4. The summed E-state index contributed by atoms with van der Waals surface area (Å²) >= 11 is 11.9. The van der Waals surface area contributed by atoms with Crippen LogP contribution in [0.2, 0.25) is 0 Å². The molecular weight excluding hydrogens is 321 g/mol. The molecule has 2 rings (SSSR count). The van der Waals surface area contributed by atoms with Crippen LogP contribution in [0.4, 0.5) is 5.69 Å². The van der Waals surface area contributed by atoms with Crippen molar-refractivity contribution in [2.24, 2.45) is 5.41 Å². The smallest absolute Gasteiger partial charge is 0.233 e. The van der Waals surface area contributed by atoms with Gasteiger partial charge in [-0.2, -0.15) is 0 Å². The molecule has 1 aromatic rings. The van der Waals surface area contributed by atoms with Gasteiger partial charge in [0.1, 0.15) is 4.33 Å². The highest BCUT2D eigenvalue weighted by Gasteiger charge is 2.67. The second-order valence-electron chi connectivity index (χ2n) is 5.10. The molecule has 0 heterocycles. The average Bonchev–Trinajstić information content (AvgIpc) is 2.91. The first kappa shape index (κ1) is 15.6. The second-order valence-corrected chi connectivity index (χ2v) is 8.86. The first-order valence-corrected chi connectivity index (χ1v) is 8.55. The molecule has 1 atom stereocenters. The van der Waals surface area contributed by atoms with Gasteiger partial charge < -0.3 is 5.32 Å². The summed E-state index contributed by atoms with van der Waals surface area (Å²) in [5.41, 5.74) is -0.285. The maximum absolute atomic E-state index is 12.1. The van der Waals surface area contributed by atoms with Crippen LogP contribution in [-0.2, 0) is 14.6 Å². The number of anilines is 1. The molecule has 1 aliphatic rings. The summed E-state index contributed by atoms with van der Waals surface area (Å²) in [6, 6.07) is 6.04. The Kier molecular flexibility index (Phi) is 3.82. The molecule has 7 heteroatoms. The van der Waals surface area contributed by atoms with Crippen molar-refractivity contribution in [1.82, 2.24) is 0 Å². The van der Waals surface area contributed by atoms with Crippen LogP contribution in [0.15, 0.2) is 29.2 Å². The minimum Gasteiger partial charge on any atom is -0.326 e. The standard InChI is InChI=1S/C13H15Cl2NO3S/c1-3-20(18,19)10-6-4-9(5-7-10)16-11(17)12(2)8-13(12,14)15/h4-7H,3,8H2,1-2H3,(H,16,17). The quantitative estimate of drug-likeness (QED) is 0.860. The monoisotopic (exact) mass is 335 g/mol. The van der Waals surface area contributed by atoms with Crippen LogP contribution >= 0.6 is 23.2 Å². The fourth-order valence-electron chi connectivity index (χ4n) is 1.83. The van der Waals surface area contributed by atoms with Gasteiger partial charge >= 0.3 is 0 Å². The first-order chi connectivity index (χ1) is 9.12. The van der Waals surface area contributed by atoms with Gasteiger partial charge in [-0.1, -0.05) is 6.92 Å². The Morgan fingerprint density at radius 1 is 1.30 bits per heavy atom. The normalized spacial score (nSPS) is 24.2. The molecule has 1 saturated carbocycles. The van der Waals surface area contributed by atoms with Crippen LogP contribution in [0.5, 0.6) is 0 Å². The Balaban J connectivity index is 2.11. The third-order valence-electron chi connectivity index (χ3n) is 3.61. The maximum Gasteiger partial charge on any atom is 0.233 e. The molecule has 0 saturated heterocycles. The van der Waals surface area contributed by atoms with Crippen LogP contribution in [0, 0.1) is 5.41 Å². The molecule has 20 heavy (non-hydrogen) atoms. The Labute approximate surface area is 128 Å². The number of benzene rings is 1. The molecule has 1 aromatic carbocycles. The van der Waals surface area contributed by atoms with Gasteiger partial charge in [-0.15, -0.1) is 23.2 Å². The van der Waals surface area contributed by atoms with E-state index >= 15 is 0 Å². The third-order valence-corrected chi connectivity index (χ3v) is 6.46. The van der Waals surface area contributed by atoms with Crippen molar-refractivity contribution in [2.75, 3.05) is 11.1 Å². The number of carbonyl (C=O) groups excluding carboxylic acids is 1. The van der Waals surface area contributed by atoms with Gasteiger partial charge in [0.05, 0.1) is 16.1 Å². The lowest BCUT2D eigenvalue weighted by Gasteiger charge is -2.13. The molecule has 1 fully saturated rings. The van der Waals surface area contributed by atoms with Crippen molar-refractivity contribution < 1.29 is 13.2 Å². The highest BCUT2D eigenvalue weighted by Crippen LogP contribution is 2.64. The van der Waals surface area contributed by atoms with E-state index in [9.17, 15) is 13.2 Å². The zero-order valence-electron chi connectivity index (χ0n) is 11.1. The lowest BCUT2D eigenvalue weighted by atomic mass is 10.1. The van der Waals surface area contributed by atoms with Gasteiger partial charge in [0, 0.05) is 5.69 Å². The SMILES string of the molecule is CCS(=O)(=O)c1ccc(NC(=O)C2(C)CC2(Cl)Cl)cc1. The first-order valence-electron chi connectivity index (χ1n) is 6.14. The fraction of sp³-hybridized carbons (Fsp3) is 0.462. The van der Waals surface area contributed by atoms with Gasteiger partial charge in [0.15, 0.2) is 9.84 Å². The summed E-state index contributed by atoms with van der Waals surface area (Å²) in [6.07, 6.45) is 0.400. The van der Waals surface area contributed by atoms with E-state index in [0.717, 1.165) is 0 Å². The zero-order chi connectivity index (χ0) is 15.2. The van der Waals surface area contributed by atoms with Gasteiger partial charge in [-0.05, 0) is 37.6 Å². The highest BCUT2D eigenvalue weighted by molar-refractivity contribution is 7.91. The van der Waals surface area contributed by atoms with Crippen LogP contribution in [0.3, 0.4) is 0 Å². The van der Waals surface area contributed by atoms with Crippen molar-refractivity contribution >= 4 is 44.6 Å². The van der Waals surface area contributed by atoms with E-state index in [2.05, 4.69) is 5.32 Å². The maximum atomic E-state index is 12.1. The number of carbonyl (C=O) groups is 1. The van der Waals surface area contributed by atoms with Gasteiger partial charge in [-0.25, -0.2) is 8.42 Å². The van der Waals surface area contributed by atoms with Crippen LogP contribution in [-0.4, -0.2) is 24.4 Å². The number of amides is 1. The van der Waals surface area contributed by atoms with E-state index in [0.29, 0.717) is 12.1 Å². The van der Waals surface area contributed by atoms with Crippen molar-refractivity contribution in [3.8, 4) is 0 Å². The van der Waals surface area contributed by atoms with E-state index in [4.69, 9.17) is 23.2 Å². The Bertz CT molecular complexity index is 640. The number of hydrogen-bond acceptors (Lipinski definition) is 3. The molecule has 1 N–H and O–H groups in total. The Morgan fingerprint density at radius 3 is 2.20 bits per heavy atom. The third kappa shape index (κ3) is 2.67. The summed E-state index contributed by atoms with van der Waals surface area (Å²) in [5, 5.41) is 2.69. The molecule has 4 nitrogen and oxygen atoms in total. The van der Waals surface area contributed by atoms with E-state index in [-0.39, 0.29) is 16.6 Å². The van der Waals surface area contributed by atoms with E-state index < -0.39 is 19.6 Å². The predicted octanol–water partition coefficient (Wildman–Crippen LogP) is 3.00. The summed E-state index contributed by atoms with van der Waals surface area (Å²) in [4.78, 5) is 12.3. The minimum absolute atomic E-state index is 0.0395. The number of rotatable bonds is 4. The van der Waals surface area contributed by atoms with Crippen LogP contribution < -0.4 is 5.32 Å². The molecule has 1 amide bonds. The van der Waals surface area contributed by atoms with Crippen molar-refractivity contribution in [1.29, 1.82) is 0 Å². The van der Waals surface area contributed by atoms with Gasteiger partial charge in [-0.3, -0.25) is 4.79 Å². The molecule has 0 radical (unpaired) electrons. The topological polar surface area (TPSA) is 63.2 Å². The summed E-state index contributed by atoms with van der Waals surface area (Å²) in [5.74, 6) is -0.230. The Morgan fingerprint density at radius 2 is 1.80 bits per heavy atom. The molecule has 1 aliphatic carbocycles. The van der Waals surface area contributed by atoms with Crippen molar-refractivity contribution in [2.45, 2.75) is 29.5 Å². The van der Waals surface area contributed by atoms with Crippen LogP contribution in [0.1, 0.15) is 20.3 Å². The largest absolute Gasteiger partial charge is 0.326 e. The highest BCUT2D eigenvalue weighted by atomic mass is 35.5. The fourth-order valence-corrected chi connectivity index (χ4v) is 3.42. The predicted molar refractivity (Wildman–Crippen MR) is 80.0 cm³/mol. The number of hydrogen-bond donors (Lipinski definition) is 1. The van der Waals surface area contributed by atoms with Gasteiger partial charge in [0.25, 0.3) is 0 Å². The van der Waals surface area contributed by atoms with Gasteiger partial charge in [0.2, 0.25) is 5.91 Å².